The highest BCUT2D eigenvalue weighted by atomic mass is 35.5. The van der Waals surface area contributed by atoms with Crippen molar-refractivity contribution >= 4 is 40.7 Å². The molecular formula is C18H15Cl2FN2O2. The number of hydrogen-bond acceptors (Lipinski definition) is 2. The Morgan fingerprint density at radius 2 is 1.72 bits per heavy atom. The summed E-state index contributed by atoms with van der Waals surface area (Å²) in [6, 6.07) is 10.5. The lowest BCUT2D eigenvalue weighted by Crippen LogP contribution is -2.39. The van der Waals surface area contributed by atoms with Crippen molar-refractivity contribution in [2.45, 2.75) is 19.4 Å². The van der Waals surface area contributed by atoms with E-state index in [0.717, 1.165) is 5.56 Å². The molecule has 3 rings (SSSR count). The summed E-state index contributed by atoms with van der Waals surface area (Å²) in [7, 11) is 0. The number of carbonyl (C=O) groups excluding carboxylic acids is 2. The third-order valence-electron chi connectivity index (χ3n) is 4.16. The fraction of sp³-hybridized carbons (Fsp3) is 0.222. The number of nitrogens with one attached hydrogen (secondary N) is 2. The molecular weight excluding hydrogens is 366 g/mol. The van der Waals surface area contributed by atoms with Crippen LogP contribution < -0.4 is 10.6 Å². The van der Waals surface area contributed by atoms with Gasteiger partial charge < -0.3 is 10.6 Å². The lowest BCUT2D eigenvalue weighted by atomic mass is 10.0. The number of halogens is 3. The van der Waals surface area contributed by atoms with Crippen LogP contribution in [0.1, 0.15) is 18.4 Å². The highest BCUT2D eigenvalue weighted by molar-refractivity contribution is 6.36. The Kier molecular flexibility index (Phi) is 4.97. The molecule has 0 saturated heterocycles. The van der Waals surface area contributed by atoms with E-state index >= 15 is 0 Å². The van der Waals surface area contributed by atoms with Crippen LogP contribution in [0.15, 0.2) is 42.5 Å². The highest BCUT2D eigenvalue weighted by Crippen LogP contribution is 2.47. The van der Waals surface area contributed by atoms with Gasteiger partial charge in [-0.1, -0.05) is 35.3 Å². The molecule has 0 spiro atoms. The molecule has 1 saturated carbocycles. The van der Waals surface area contributed by atoms with Gasteiger partial charge in [0.05, 0.1) is 10.7 Å². The maximum atomic E-state index is 12.9. The van der Waals surface area contributed by atoms with Gasteiger partial charge in [-0.15, -0.1) is 0 Å². The molecule has 0 bridgehead atoms. The summed E-state index contributed by atoms with van der Waals surface area (Å²) in [4.78, 5) is 25.0. The zero-order valence-corrected chi connectivity index (χ0v) is 14.6. The first-order chi connectivity index (χ1) is 11.9. The van der Waals surface area contributed by atoms with E-state index in [2.05, 4.69) is 10.6 Å². The quantitative estimate of drug-likeness (QED) is 0.764. The number of rotatable bonds is 5. The fourth-order valence-electron chi connectivity index (χ4n) is 2.47. The Balaban J connectivity index is 1.63. The Morgan fingerprint density at radius 3 is 2.32 bits per heavy atom. The van der Waals surface area contributed by atoms with Crippen molar-refractivity contribution in [3.63, 3.8) is 0 Å². The lowest BCUT2D eigenvalue weighted by molar-refractivity contribution is -0.134. The Hall–Kier alpha value is -2.11. The van der Waals surface area contributed by atoms with Gasteiger partial charge in [-0.2, -0.15) is 0 Å². The maximum absolute atomic E-state index is 12.9. The van der Waals surface area contributed by atoms with Gasteiger partial charge in [0.1, 0.15) is 11.2 Å². The molecule has 2 N–H and O–H groups in total. The molecule has 2 aromatic carbocycles. The van der Waals surface area contributed by atoms with Crippen LogP contribution in [-0.2, 0) is 16.1 Å². The van der Waals surface area contributed by atoms with Gasteiger partial charge in [-0.3, -0.25) is 9.59 Å². The topological polar surface area (TPSA) is 58.2 Å². The van der Waals surface area contributed by atoms with E-state index in [4.69, 9.17) is 23.2 Å². The van der Waals surface area contributed by atoms with Crippen LogP contribution >= 0.6 is 23.2 Å². The average Bonchev–Trinajstić information content (AvgIpc) is 3.38. The number of benzene rings is 2. The molecule has 7 heteroatoms. The van der Waals surface area contributed by atoms with Crippen LogP contribution in [0.2, 0.25) is 10.0 Å². The fourth-order valence-corrected chi connectivity index (χ4v) is 2.92. The first-order valence-electron chi connectivity index (χ1n) is 7.70. The van der Waals surface area contributed by atoms with Crippen molar-refractivity contribution in [2.24, 2.45) is 5.41 Å². The predicted molar refractivity (Wildman–Crippen MR) is 95.0 cm³/mol. The first kappa shape index (κ1) is 17.7. The lowest BCUT2D eigenvalue weighted by Gasteiger charge is -2.16. The van der Waals surface area contributed by atoms with Crippen LogP contribution in [-0.4, -0.2) is 11.8 Å². The van der Waals surface area contributed by atoms with Crippen molar-refractivity contribution in [1.29, 1.82) is 0 Å². The summed E-state index contributed by atoms with van der Waals surface area (Å²) in [5.74, 6) is -1.08. The highest BCUT2D eigenvalue weighted by Gasteiger charge is 2.56. The molecule has 0 aliphatic heterocycles. The molecule has 2 aromatic rings. The second-order valence-electron chi connectivity index (χ2n) is 5.97. The van der Waals surface area contributed by atoms with E-state index in [9.17, 15) is 14.0 Å². The molecule has 0 unspecified atom stereocenters. The van der Waals surface area contributed by atoms with Crippen molar-refractivity contribution in [3.05, 3.63) is 63.9 Å². The van der Waals surface area contributed by atoms with E-state index in [-0.39, 0.29) is 18.3 Å². The summed E-state index contributed by atoms with van der Waals surface area (Å²) < 4.78 is 12.9. The van der Waals surface area contributed by atoms with Crippen LogP contribution in [0.5, 0.6) is 0 Å². The zero-order chi connectivity index (χ0) is 18.0. The second kappa shape index (κ2) is 7.02. The maximum Gasteiger partial charge on any atom is 0.240 e. The third kappa shape index (κ3) is 3.94. The van der Waals surface area contributed by atoms with E-state index in [0.29, 0.717) is 28.6 Å². The Labute approximate surface area is 154 Å². The number of anilines is 1. The van der Waals surface area contributed by atoms with E-state index < -0.39 is 11.3 Å². The van der Waals surface area contributed by atoms with E-state index in [1.807, 2.05) is 0 Å². The monoisotopic (exact) mass is 380 g/mol. The summed E-state index contributed by atoms with van der Waals surface area (Å²) in [5, 5.41) is 6.19. The summed E-state index contributed by atoms with van der Waals surface area (Å²) >= 11 is 11.9. The summed E-state index contributed by atoms with van der Waals surface area (Å²) in [5.41, 5.74) is 0.0867. The van der Waals surface area contributed by atoms with Crippen LogP contribution in [0, 0.1) is 11.2 Å². The minimum absolute atomic E-state index is 0.232. The summed E-state index contributed by atoms with van der Waals surface area (Å²) in [6.45, 7) is 0.232. The summed E-state index contributed by atoms with van der Waals surface area (Å²) in [6.07, 6.45) is 0.943. The van der Waals surface area contributed by atoms with Gasteiger partial charge in [-0.05, 0) is 48.7 Å². The minimum atomic E-state index is -1.08. The van der Waals surface area contributed by atoms with Gasteiger partial charge in [0, 0.05) is 11.6 Å². The standard InChI is InChI=1S/C18H15Cl2FN2O2/c19-12-3-6-15(14(20)9-12)23-17(25)18(7-8-18)16(24)22-10-11-1-4-13(21)5-2-11/h1-6,9H,7-8,10H2,(H,22,24)(H,23,25). The van der Waals surface area contributed by atoms with E-state index in [1.165, 1.54) is 18.2 Å². The molecule has 130 valence electrons. The molecule has 0 heterocycles. The molecule has 0 radical (unpaired) electrons. The smallest absolute Gasteiger partial charge is 0.240 e. The van der Waals surface area contributed by atoms with Crippen molar-refractivity contribution < 1.29 is 14.0 Å². The molecule has 0 atom stereocenters. The zero-order valence-electron chi connectivity index (χ0n) is 13.1. The van der Waals surface area contributed by atoms with Gasteiger partial charge >= 0.3 is 0 Å². The third-order valence-corrected chi connectivity index (χ3v) is 4.71. The first-order valence-corrected chi connectivity index (χ1v) is 8.45. The van der Waals surface area contributed by atoms with Crippen molar-refractivity contribution in [1.82, 2.24) is 5.32 Å². The molecule has 25 heavy (non-hydrogen) atoms. The SMILES string of the molecule is O=C(NCc1ccc(F)cc1)C1(C(=O)Nc2ccc(Cl)cc2Cl)CC1. The Bertz CT molecular complexity index is 820. The van der Waals surface area contributed by atoms with Gasteiger partial charge in [0.2, 0.25) is 11.8 Å². The van der Waals surface area contributed by atoms with Crippen molar-refractivity contribution in [2.75, 3.05) is 5.32 Å². The molecule has 2 amide bonds. The van der Waals surface area contributed by atoms with Gasteiger partial charge in [0.25, 0.3) is 0 Å². The molecule has 1 aliphatic rings. The van der Waals surface area contributed by atoms with Gasteiger partial charge in [0.15, 0.2) is 0 Å². The normalized spacial score (nSPS) is 14.7. The molecule has 0 aromatic heterocycles. The van der Waals surface area contributed by atoms with Crippen LogP contribution in [0.4, 0.5) is 10.1 Å². The van der Waals surface area contributed by atoms with E-state index in [1.54, 1.807) is 24.3 Å². The van der Waals surface area contributed by atoms with Crippen LogP contribution in [0.3, 0.4) is 0 Å². The molecule has 1 fully saturated rings. The minimum Gasteiger partial charge on any atom is -0.351 e. The molecule has 4 nitrogen and oxygen atoms in total. The van der Waals surface area contributed by atoms with Gasteiger partial charge in [-0.25, -0.2) is 4.39 Å². The number of amides is 2. The number of carbonyl (C=O) groups is 2. The van der Waals surface area contributed by atoms with Crippen molar-refractivity contribution in [3.8, 4) is 0 Å². The molecule has 1 aliphatic carbocycles. The van der Waals surface area contributed by atoms with Crippen LogP contribution in [0.25, 0.3) is 0 Å². The predicted octanol–water partition coefficient (Wildman–Crippen LogP) is 4.17. The average molecular weight is 381 g/mol. The number of hydrogen-bond donors (Lipinski definition) is 2. The largest absolute Gasteiger partial charge is 0.351 e. The second-order valence-corrected chi connectivity index (χ2v) is 6.81. The Morgan fingerprint density at radius 1 is 1.04 bits per heavy atom.